The Morgan fingerprint density at radius 1 is 0.676 bits per heavy atom. The normalized spacial score (nSPS) is 14.1. The minimum absolute atomic E-state index is 0.211. The maximum atomic E-state index is 13.0. The molecule has 0 unspecified atom stereocenters. The van der Waals surface area contributed by atoms with Gasteiger partial charge >= 0.3 is 0 Å². The maximum absolute atomic E-state index is 13.0. The molecule has 0 amide bonds. The molecule has 1 N–H and O–H groups in total. The quantitative estimate of drug-likeness (QED) is 0.397. The number of piperidine rings is 1. The predicted octanol–water partition coefficient (Wildman–Crippen LogP) is 5.60. The van der Waals surface area contributed by atoms with Crippen molar-refractivity contribution in [2.24, 2.45) is 0 Å². The van der Waals surface area contributed by atoms with E-state index in [9.17, 15) is 8.42 Å². The van der Waals surface area contributed by atoms with E-state index in [1.165, 1.54) is 19.3 Å². The van der Waals surface area contributed by atoms with E-state index >= 15 is 0 Å². The molecule has 3 aromatic carbocycles. The molecule has 1 fully saturated rings. The molecule has 0 bridgehead atoms. The molecule has 1 saturated heterocycles. The third-order valence-corrected chi connectivity index (χ3v) is 7.41. The van der Waals surface area contributed by atoms with Crippen LogP contribution in [0.1, 0.15) is 19.3 Å². The van der Waals surface area contributed by atoms with E-state index in [1.807, 2.05) is 66.7 Å². The van der Waals surface area contributed by atoms with Gasteiger partial charge in [-0.25, -0.2) is 8.42 Å². The smallest absolute Gasteiger partial charge is 0.261 e. The van der Waals surface area contributed by atoms with Crippen LogP contribution in [0.3, 0.4) is 0 Å². The summed E-state index contributed by atoms with van der Waals surface area (Å²) in [5, 5.41) is 8.79. The van der Waals surface area contributed by atoms with Crippen molar-refractivity contribution in [2.75, 3.05) is 22.7 Å². The molecule has 0 spiro atoms. The number of rotatable bonds is 6. The Hall–Kier alpha value is -3.71. The number of nitrogens with zero attached hydrogens (tertiary/aromatic N) is 3. The van der Waals surface area contributed by atoms with E-state index in [4.69, 9.17) is 0 Å². The van der Waals surface area contributed by atoms with E-state index in [0.717, 1.165) is 35.6 Å². The first-order valence-electron chi connectivity index (χ1n) is 11.5. The van der Waals surface area contributed by atoms with E-state index in [2.05, 4.69) is 19.8 Å². The van der Waals surface area contributed by atoms with Gasteiger partial charge in [0, 0.05) is 24.3 Å². The summed E-state index contributed by atoms with van der Waals surface area (Å²) in [6.07, 6.45) is 3.63. The number of hydrogen-bond acceptors (Lipinski definition) is 5. The molecule has 0 radical (unpaired) electrons. The molecular weight excluding hydrogens is 444 g/mol. The molecule has 7 heteroatoms. The summed E-state index contributed by atoms with van der Waals surface area (Å²) >= 11 is 0. The van der Waals surface area contributed by atoms with Crippen molar-refractivity contribution in [1.29, 1.82) is 0 Å². The molecule has 0 aliphatic carbocycles. The summed E-state index contributed by atoms with van der Waals surface area (Å²) in [6, 6.07) is 27.9. The Labute approximate surface area is 200 Å². The zero-order chi connectivity index (χ0) is 23.4. The Balaban J connectivity index is 1.32. The number of aromatic nitrogens is 2. The van der Waals surface area contributed by atoms with Gasteiger partial charge in [-0.1, -0.05) is 54.6 Å². The lowest BCUT2D eigenvalue weighted by atomic mass is 10.1. The van der Waals surface area contributed by atoms with Gasteiger partial charge in [-0.2, -0.15) is 0 Å². The highest BCUT2D eigenvalue weighted by molar-refractivity contribution is 7.92. The van der Waals surface area contributed by atoms with Gasteiger partial charge < -0.3 is 4.90 Å². The summed E-state index contributed by atoms with van der Waals surface area (Å²) in [6.45, 7) is 2.02. The molecule has 0 saturated carbocycles. The molecule has 2 heterocycles. The lowest BCUT2D eigenvalue weighted by molar-refractivity contribution is 0.571. The predicted molar refractivity (Wildman–Crippen MR) is 136 cm³/mol. The van der Waals surface area contributed by atoms with Crippen molar-refractivity contribution in [3.8, 4) is 22.4 Å². The molecule has 1 aliphatic rings. The maximum Gasteiger partial charge on any atom is 0.261 e. The monoisotopic (exact) mass is 470 g/mol. The number of sulfonamides is 1. The van der Waals surface area contributed by atoms with E-state index in [1.54, 1.807) is 24.3 Å². The molecule has 5 rings (SSSR count). The van der Waals surface area contributed by atoms with Crippen LogP contribution in [-0.4, -0.2) is 31.7 Å². The highest BCUT2D eigenvalue weighted by atomic mass is 32.2. The summed E-state index contributed by atoms with van der Waals surface area (Å²) in [5.74, 6) is 0.888. The summed E-state index contributed by atoms with van der Waals surface area (Å²) in [4.78, 5) is 2.47. The highest BCUT2D eigenvalue weighted by Crippen LogP contribution is 2.26. The molecule has 4 aromatic rings. The molecule has 6 nitrogen and oxygen atoms in total. The second-order valence-electron chi connectivity index (χ2n) is 8.40. The first kappa shape index (κ1) is 22.1. The molecule has 1 aromatic heterocycles. The fourth-order valence-electron chi connectivity index (χ4n) is 4.18. The van der Waals surface area contributed by atoms with Crippen LogP contribution in [0.25, 0.3) is 22.4 Å². The fourth-order valence-corrected chi connectivity index (χ4v) is 5.23. The second kappa shape index (κ2) is 9.65. The minimum atomic E-state index is -3.73. The molecule has 1 aliphatic heterocycles. The molecule has 34 heavy (non-hydrogen) atoms. The number of nitrogens with one attached hydrogen (secondary N) is 1. The van der Waals surface area contributed by atoms with Crippen LogP contribution in [0.15, 0.2) is 95.9 Å². The van der Waals surface area contributed by atoms with Gasteiger partial charge in [0.05, 0.1) is 10.6 Å². The van der Waals surface area contributed by atoms with Crippen LogP contribution in [-0.2, 0) is 10.0 Å². The lowest BCUT2D eigenvalue weighted by Gasteiger charge is -2.27. The van der Waals surface area contributed by atoms with Crippen molar-refractivity contribution in [2.45, 2.75) is 24.2 Å². The fraction of sp³-hybridized carbons (Fsp3) is 0.185. The Kier molecular flexibility index (Phi) is 6.27. The van der Waals surface area contributed by atoms with Gasteiger partial charge in [-0.3, -0.25) is 4.72 Å². The van der Waals surface area contributed by atoms with Crippen molar-refractivity contribution < 1.29 is 8.42 Å². The molecular formula is C27H26N4O2S. The average molecular weight is 471 g/mol. The third-order valence-electron chi connectivity index (χ3n) is 6.01. The zero-order valence-electron chi connectivity index (χ0n) is 18.8. The van der Waals surface area contributed by atoms with Crippen LogP contribution >= 0.6 is 0 Å². The average Bonchev–Trinajstić information content (AvgIpc) is 2.90. The van der Waals surface area contributed by atoms with Crippen LogP contribution in [0.5, 0.6) is 0 Å². The summed E-state index contributed by atoms with van der Waals surface area (Å²) in [5.41, 5.74) is 3.99. The van der Waals surface area contributed by atoms with Crippen LogP contribution in [0.2, 0.25) is 0 Å². The first-order chi connectivity index (χ1) is 16.6. The van der Waals surface area contributed by atoms with E-state index in [0.29, 0.717) is 11.4 Å². The largest absolute Gasteiger partial charge is 0.355 e. The van der Waals surface area contributed by atoms with E-state index in [-0.39, 0.29) is 4.90 Å². The number of benzene rings is 3. The second-order valence-corrected chi connectivity index (χ2v) is 10.1. The van der Waals surface area contributed by atoms with Crippen LogP contribution in [0, 0.1) is 0 Å². The minimum Gasteiger partial charge on any atom is -0.355 e. The third kappa shape index (κ3) is 4.94. The van der Waals surface area contributed by atoms with Gasteiger partial charge in [0.25, 0.3) is 10.0 Å². The number of hydrogen-bond donors (Lipinski definition) is 1. The highest BCUT2D eigenvalue weighted by Gasteiger charge is 2.16. The van der Waals surface area contributed by atoms with Gasteiger partial charge in [-0.05, 0) is 66.8 Å². The first-order valence-corrected chi connectivity index (χ1v) is 12.9. The van der Waals surface area contributed by atoms with Gasteiger partial charge in [0.15, 0.2) is 5.82 Å². The van der Waals surface area contributed by atoms with Crippen molar-refractivity contribution in [3.63, 3.8) is 0 Å². The lowest BCUT2D eigenvalue weighted by Crippen LogP contribution is -2.30. The number of anilines is 2. The van der Waals surface area contributed by atoms with Crippen LogP contribution in [0.4, 0.5) is 11.5 Å². The van der Waals surface area contributed by atoms with Gasteiger partial charge in [0.2, 0.25) is 0 Å². The summed E-state index contributed by atoms with van der Waals surface area (Å²) in [7, 11) is -3.73. The van der Waals surface area contributed by atoms with Crippen molar-refractivity contribution in [1.82, 2.24) is 10.2 Å². The molecule has 0 atom stereocenters. The van der Waals surface area contributed by atoms with Crippen molar-refractivity contribution >= 4 is 21.5 Å². The Morgan fingerprint density at radius 2 is 1.38 bits per heavy atom. The SMILES string of the molecule is O=S(=O)(Nc1cccc(-c2ccc(N3CCCCC3)nn2)c1)c1ccc(-c2ccccc2)cc1. The van der Waals surface area contributed by atoms with Gasteiger partial charge in [0.1, 0.15) is 0 Å². The topological polar surface area (TPSA) is 75.2 Å². The van der Waals surface area contributed by atoms with Crippen molar-refractivity contribution in [3.05, 3.63) is 91.0 Å². The van der Waals surface area contributed by atoms with Gasteiger partial charge in [-0.15, -0.1) is 10.2 Å². The van der Waals surface area contributed by atoms with Crippen LogP contribution < -0.4 is 9.62 Å². The summed E-state index contributed by atoms with van der Waals surface area (Å²) < 4.78 is 28.6. The zero-order valence-corrected chi connectivity index (χ0v) is 19.6. The molecule has 172 valence electrons. The Morgan fingerprint density at radius 3 is 2.09 bits per heavy atom. The standard InChI is InChI=1S/C27H26N4O2S/c32-34(33,25-14-12-22(13-15-25)21-8-3-1-4-9-21)30-24-11-7-10-23(20-24)26-16-17-27(29-28-26)31-18-5-2-6-19-31/h1,3-4,7-17,20,30H,2,5-6,18-19H2. The van der Waals surface area contributed by atoms with E-state index < -0.39 is 10.0 Å². The Bertz CT molecular complexity index is 1350.